The Morgan fingerprint density at radius 2 is 1.84 bits per heavy atom. The molecule has 0 bridgehead atoms. The minimum atomic E-state index is -0.122. The molecule has 5 heteroatoms. The molecule has 0 unspecified atom stereocenters. The van der Waals surface area contributed by atoms with Crippen molar-refractivity contribution in [3.63, 3.8) is 0 Å². The Bertz CT molecular complexity index is 481. The van der Waals surface area contributed by atoms with Crippen LogP contribution in [0.2, 0.25) is 0 Å². The zero-order valence-corrected chi connectivity index (χ0v) is 12.1. The average Bonchev–Trinajstić information content (AvgIpc) is 2.38. The molecule has 0 amide bonds. The highest BCUT2D eigenvalue weighted by atomic mass is 15.4. The van der Waals surface area contributed by atoms with Crippen molar-refractivity contribution in [2.45, 2.75) is 20.3 Å². The summed E-state index contributed by atoms with van der Waals surface area (Å²) in [5.41, 5.74) is 9.26. The topological polar surface area (TPSA) is 80.2 Å². The fourth-order valence-corrected chi connectivity index (χ4v) is 1.85. The molecular weight excluding hydrogens is 238 g/mol. The quantitative estimate of drug-likeness (QED) is 0.570. The summed E-state index contributed by atoms with van der Waals surface area (Å²) in [6, 6.07) is 6.28. The Hall–Kier alpha value is -2.04. The van der Waals surface area contributed by atoms with E-state index in [1.807, 2.05) is 7.05 Å². The molecule has 104 valence electrons. The Morgan fingerprint density at radius 3 is 2.42 bits per heavy atom. The lowest BCUT2D eigenvalue weighted by atomic mass is 10.0. The summed E-state index contributed by atoms with van der Waals surface area (Å²) in [6.07, 6.45) is 0.873. The maximum atomic E-state index is 7.92. The van der Waals surface area contributed by atoms with Gasteiger partial charge < -0.3 is 10.6 Å². The third-order valence-corrected chi connectivity index (χ3v) is 3.47. The third kappa shape index (κ3) is 3.71. The van der Waals surface area contributed by atoms with E-state index < -0.39 is 0 Å². The van der Waals surface area contributed by atoms with Crippen LogP contribution >= 0.6 is 0 Å². The highest BCUT2D eigenvalue weighted by Gasteiger charge is 2.12. The first-order chi connectivity index (χ1) is 8.84. The second kappa shape index (κ2) is 6.22. The van der Waals surface area contributed by atoms with Crippen molar-refractivity contribution in [1.82, 2.24) is 9.80 Å². The van der Waals surface area contributed by atoms with Gasteiger partial charge >= 0.3 is 0 Å². The van der Waals surface area contributed by atoms with Crippen LogP contribution in [0.1, 0.15) is 16.7 Å². The first kappa shape index (κ1) is 15.0. The average molecular weight is 261 g/mol. The smallest absolute Gasteiger partial charge is 0.200 e. The SMILES string of the molecule is Cc1cccc(CCN(C)C(=N)N(C)C(=N)N)c1C. The van der Waals surface area contributed by atoms with Crippen LogP contribution in [0.25, 0.3) is 0 Å². The van der Waals surface area contributed by atoms with Crippen LogP contribution < -0.4 is 5.73 Å². The number of guanidine groups is 2. The summed E-state index contributed by atoms with van der Waals surface area (Å²) in [6.45, 7) is 4.95. The lowest BCUT2D eigenvalue weighted by Crippen LogP contribution is -2.46. The molecule has 0 fully saturated rings. The summed E-state index contributed by atoms with van der Waals surface area (Å²) >= 11 is 0. The van der Waals surface area contributed by atoms with Gasteiger partial charge in [0.1, 0.15) is 0 Å². The molecule has 1 rings (SSSR count). The van der Waals surface area contributed by atoms with E-state index in [1.165, 1.54) is 21.6 Å². The molecule has 19 heavy (non-hydrogen) atoms. The van der Waals surface area contributed by atoms with E-state index in [2.05, 4.69) is 32.0 Å². The predicted molar refractivity (Wildman–Crippen MR) is 79.7 cm³/mol. The predicted octanol–water partition coefficient (Wildman–Crippen LogP) is 1.54. The molecule has 0 spiro atoms. The first-order valence-electron chi connectivity index (χ1n) is 6.27. The van der Waals surface area contributed by atoms with Gasteiger partial charge in [0.2, 0.25) is 0 Å². The van der Waals surface area contributed by atoms with Gasteiger partial charge in [0.15, 0.2) is 11.9 Å². The highest BCUT2D eigenvalue weighted by Crippen LogP contribution is 2.13. The molecule has 0 saturated heterocycles. The van der Waals surface area contributed by atoms with Gasteiger partial charge in [-0.15, -0.1) is 0 Å². The van der Waals surface area contributed by atoms with Crippen molar-refractivity contribution >= 4 is 11.9 Å². The lowest BCUT2D eigenvalue weighted by Gasteiger charge is -2.26. The number of aryl methyl sites for hydroxylation is 1. The molecule has 1 aromatic rings. The summed E-state index contributed by atoms with van der Waals surface area (Å²) in [5.74, 6) is 0.112. The van der Waals surface area contributed by atoms with E-state index in [0.29, 0.717) is 0 Å². The second-order valence-corrected chi connectivity index (χ2v) is 4.80. The molecule has 0 heterocycles. The minimum Gasteiger partial charge on any atom is -0.370 e. The summed E-state index contributed by atoms with van der Waals surface area (Å²) in [4.78, 5) is 3.15. The maximum absolute atomic E-state index is 7.92. The molecule has 0 aromatic heterocycles. The van der Waals surface area contributed by atoms with Crippen molar-refractivity contribution < 1.29 is 0 Å². The van der Waals surface area contributed by atoms with Gasteiger partial charge in [-0.1, -0.05) is 18.2 Å². The van der Waals surface area contributed by atoms with E-state index in [-0.39, 0.29) is 11.9 Å². The van der Waals surface area contributed by atoms with Crippen LogP contribution in [0.5, 0.6) is 0 Å². The lowest BCUT2D eigenvalue weighted by molar-refractivity contribution is 0.448. The monoisotopic (exact) mass is 261 g/mol. The third-order valence-electron chi connectivity index (χ3n) is 3.47. The van der Waals surface area contributed by atoms with Gasteiger partial charge in [0, 0.05) is 20.6 Å². The Kier molecular flexibility index (Phi) is 4.92. The normalized spacial score (nSPS) is 10.1. The minimum absolute atomic E-state index is 0.122. The van der Waals surface area contributed by atoms with Crippen molar-refractivity contribution in [2.24, 2.45) is 5.73 Å². The fraction of sp³-hybridized carbons (Fsp3) is 0.429. The zero-order valence-electron chi connectivity index (χ0n) is 12.1. The van der Waals surface area contributed by atoms with E-state index in [4.69, 9.17) is 16.6 Å². The number of rotatable bonds is 3. The first-order valence-corrected chi connectivity index (χ1v) is 6.27. The molecule has 0 aliphatic rings. The molecule has 0 radical (unpaired) electrons. The summed E-state index contributed by atoms with van der Waals surface area (Å²) < 4.78 is 0. The zero-order chi connectivity index (χ0) is 14.6. The van der Waals surface area contributed by atoms with Gasteiger partial charge in [-0.05, 0) is 37.0 Å². The molecule has 5 nitrogen and oxygen atoms in total. The van der Waals surface area contributed by atoms with Crippen LogP contribution in [0.3, 0.4) is 0 Å². The maximum Gasteiger partial charge on any atom is 0.200 e. The summed E-state index contributed by atoms with van der Waals surface area (Å²) in [5, 5.41) is 15.2. The van der Waals surface area contributed by atoms with E-state index in [0.717, 1.165) is 13.0 Å². The summed E-state index contributed by atoms with van der Waals surface area (Å²) in [7, 11) is 3.46. The molecule has 1 aromatic carbocycles. The second-order valence-electron chi connectivity index (χ2n) is 4.80. The highest BCUT2D eigenvalue weighted by molar-refractivity contribution is 5.94. The van der Waals surface area contributed by atoms with Crippen molar-refractivity contribution in [2.75, 3.05) is 20.6 Å². The molecule has 0 aliphatic carbocycles. The van der Waals surface area contributed by atoms with Crippen LogP contribution in [-0.4, -0.2) is 42.4 Å². The standard InChI is InChI=1S/C14H23N5/c1-10-6-5-7-12(11(10)2)8-9-18(3)14(17)19(4)13(15)16/h5-7,17H,8-9H2,1-4H3,(H3,15,16). The number of nitrogens with zero attached hydrogens (tertiary/aromatic N) is 2. The van der Waals surface area contributed by atoms with Gasteiger partial charge in [0.05, 0.1) is 0 Å². The van der Waals surface area contributed by atoms with E-state index in [1.54, 1.807) is 11.9 Å². The van der Waals surface area contributed by atoms with Gasteiger partial charge in [-0.3, -0.25) is 15.7 Å². The van der Waals surface area contributed by atoms with Gasteiger partial charge in [-0.25, -0.2) is 0 Å². The number of benzene rings is 1. The van der Waals surface area contributed by atoms with Gasteiger partial charge in [-0.2, -0.15) is 0 Å². The number of nitrogens with one attached hydrogen (secondary N) is 2. The van der Waals surface area contributed by atoms with E-state index >= 15 is 0 Å². The molecule has 4 N–H and O–H groups in total. The molecule has 0 saturated carbocycles. The van der Waals surface area contributed by atoms with Crippen molar-refractivity contribution in [3.05, 3.63) is 34.9 Å². The Balaban J connectivity index is 2.64. The Labute approximate surface area is 115 Å². The van der Waals surface area contributed by atoms with E-state index in [9.17, 15) is 0 Å². The number of likely N-dealkylation sites (N-methyl/N-ethyl adjacent to an activating group) is 1. The van der Waals surface area contributed by atoms with Crippen LogP contribution in [0.15, 0.2) is 18.2 Å². The molecule has 0 atom stereocenters. The number of hydrogen-bond acceptors (Lipinski definition) is 2. The molecular formula is C14H23N5. The molecule has 0 aliphatic heterocycles. The van der Waals surface area contributed by atoms with Crippen LogP contribution in [0, 0.1) is 24.7 Å². The van der Waals surface area contributed by atoms with Gasteiger partial charge in [0.25, 0.3) is 0 Å². The number of nitrogens with two attached hydrogens (primary N) is 1. The van der Waals surface area contributed by atoms with Crippen LogP contribution in [0.4, 0.5) is 0 Å². The fourth-order valence-electron chi connectivity index (χ4n) is 1.85. The van der Waals surface area contributed by atoms with Crippen molar-refractivity contribution in [1.29, 1.82) is 10.8 Å². The van der Waals surface area contributed by atoms with Crippen molar-refractivity contribution in [3.8, 4) is 0 Å². The van der Waals surface area contributed by atoms with Crippen LogP contribution in [-0.2, 0) is 6.42 Å². The largest absolute Gasteiger partial charge is 0.370 e. The Morgan fingerprint density at radius 1 is 1.21 bits per heavy atom. The number of hydrogen-bond donors (Lipinski definition) is 3.